The fraction of sp³-hybridized carbons (Fsp3) is 0.167. The molecule has 1 N–H and O–H groups in total. The van der Waals surface area contributed by atoms with Crippen LogP contribution in [0.3, 0.4) is 0 Å². The Hall–Kier alpha value is -1.44. The molecule has 0 unspecified atom stereocenters. The van der Waals surface area contributed by atoms with Crippen LogP contribution in [0.15, 0.2) is 41.3 Å². The van der Waals surface area contributed by atoms with E-state index in [1.165, 1.54) is 12.1 Å². The fourth-order valence-corrected chi connectivity index (χ4v) is 2.17. The first-order chi connectivity index (χ1) is 8.92. The molecule has 2 aromatic rings. The third-order valence-electron chi connectivity index (χ3n) is 2.58. The molecule has 0 heterocycles. The summed E-state index contributed by atoms with van der Waals surface area (Å²) in [6, 6.07) is 10.5. The van der Waals surface area contributed by atoms with E-state index in [4.69, 9.17) is 13.0 Å². The van der Waals surface area contributed by atoms with Crippen molar-refractivity contribution in [2.45, 2.75) is 18.2 Å². The van der Waals surface area contributed by atoms with Crippen LogP contribution in [0.4, 0.5) is 0 Å². The molecule has 7 heteroatoms. The molecule has 0 bridgehead atoms. The van der Waals surface area contributed by atoms with Crippen molar-refractivity contribution in [2.75, 3.05) is 0 Å². The van der Waals surface area contributed by atoms with Gasteiger partial charge in [0.05, 0.1) is 4.90 Å². The molecule has 0 aliphatic rings. The van der Waals surface area contributed by atoms with Crippen LogP contribution in [0, 0.1) is 0 Å². The molecule has 0 atom stereocenters. The number of hydrogen-bond acceptors (Lipinski definition) is 5. The zero-order valence-corrected chi connectivity index (χ0v) is 11.8. The molecule has 19 heavy (non-hydrogen) atoms. The number of hydrogen-bond donors (Lipinski definition) is 1. The van der Waals surface area contributed by atoms with E-state index < -0.39 is 21.7 Å². The van der Waals surface area contributed by atoms with Crippen molar-refractivity contribution < 1.29 is 21.4 Å². The minimum absolute atomic E-state index is 0.0618. The summed E-state index contributed by atoms with van der Waals surface area (Å²) in [7, 11) is -4.11. The molecule has 0 saturated heterocycles. The molecular formula is C12H13O5S2-. The van der Waals surface area contributed by atoms with Crippen LogP contribution in [0.25, 0.3) is 10.8 Å². The second-order valence-corrected chi connectivity index (χ2v) is 5.32. The Morgan fingerprint density at radius 1 is 1.05 bits per heavy atom. The Kier molecular flexibility index (Phi) is 5.46. The van der Waals surface area contributed by atoms with Gasteiger partial charge >= 0.3 is 0 Å². The number of thiol groups is 1. The van der Waals surface area contributed by atoms with E-state index in [1.54, 1.807) is 6.07 Å². The zero-order valence-electron chi connectivity index (χ0n) is 10.1. The molecule has 104 valence electrons. The van der Waals surface area contributed by atoms with Gasteiger partial charge in [-0.05, 0) is 34.9 Å². The van der Waals surface area contributed by atoms with Gasteiger partial charge in [0.15, 0.2) is 0 Å². The Bertz CT molecular complexity index is 716. The number of benzene rings is 2. The maximum atomic E-state index is 11.0. The molecule has 0 spiro atoms. The van der Waals surface area contributed by atoms with Crippen LogP contribution in [-0.2, 0) is 36.5 Å². The maximum absolute atomic E-state index is 11.0. The second kappa shape index (κ2) is 6.65. The van der Waals surface area contributed by atoms with Crippen molar-refractivity contribution in [1.29, 1.82) is 0 Å². The monoisotopic (exact) mass is 301 g/mol. The first kappa shape index (κ1) is 15.6. The third kappa shape index (κ3) is 4.30. The summed E-state index contributed by atoms with van der Waals surface area (Å²) in [6.07, 6.45) is 0.895. The Balaban J connectivity index is 0.000000550. The molecule has 0 aliphatic heterocycles. The minimum Gasteiger partial charge on any atom is -0.427 e. The van der Waals surface area contributed by atoms with E-state index in [1.807, 2.05) is 25.1 Å². The topological polar surface area (TPSA) is 88.5 Å². The molecule has 0 radical (unpaired) electrons. The fourth-order valence-electron chi connectivity index (χ4n) is 1.65. The number of rotatable bonds is 2. The average molecular weight is 301 g/mol. The molecule has 2 rings (SSSR count). The predicted octanol–water partition coefficient (Wildman–Crippen LogP) is 2.14. The van der Waals surface area contributed by atoms with Gasteiger partial charge in [-0.3, -0.25) is 4.55 Å². The lowest BCUT2D eigenvalue weighted by Gasteiger charge is -2.03. The van der Waals surface area contributed by atoms with E-state index in [2.05, 4.69) is 0 Å². The quantitative estimate of drug-likeness (QED) is 0.521. The average Bonchev–Trinajstić information content (AvgIpc) is 2.37. The number of fused-ring (bicyclic) bond motifs is 1. The van der Waals surface area contributed by atoms with Gasteiger partial charge in [0, 0.05) is 0 Å². The van der Waals surface area contributed by atoms with Crippen molar-refractivity contribution in [3.8, 4) is 0 Å². The van der Waals surface area contributed by atoms with Crippen LogP contribution >= 0.6 is 0 Å². The number of aryl methyl sites for hydroxylation is 1. The summed E-state index contributed by atoms with van der Waals surface area (Å²) in [5.41, 5.74) is 1.14. The summed E-state index contributed by atoms with van der Waals surface area (Å²) < 4.78 is 47.6. The summed E-state index contributed by atoms with van der Waals surface area (Å²) in [4.78, 5) is -0.0618. The van der Waals surface area contributed by atoms with Crippen LogP contribution < -0.4 is 0 Å². The van der Waals surface area contributed by atoms with Gasteiger partial charge in [-0.25, -0.2) is 0 Å². The molecule has 0 fully saturated rings. The van der Waals surface area contributed by atoms with Crippen LogP contribution in [0.2, 0.25) is 0 Å². The maximum Gasteiger partial charge on any atom is 0.294 e. The summed E-state index contributed by atoms with van der Waals surface area (Å²) in [5.74, 6) is 0. The standard InChI is InChI=1S/C12H12O3S.HO2S/c1-2-9-3-4-10-5-6-12(16(13,14)15)8-11(10)7-9;1-3-2/h3-8H,2H2,1H3,(H,13,14,15);3H/q;-1. The summed E-state index contributed by atoms with van der Waals surface area (Å²) >= 11 is -1.08. The molecule has 2 aromatic carbocycles. The Morgan fingerprint density at radius 2 is 1.63 bits per heavy atom. The SMILES string of the molecule is CCc1ccc2ccc(S(=O)(=O)O)cc2c1.O=[SH-]=O. The molecular weight excluding hydrogens is 288 g/mol. The third-order valence-corrected chi connectivity index (χ3v) is 3.43. The van der Waals surface area contributed by atoms with E-state index in [-0.39, 0.29) is 4.90 Å². The highest BCUT2D eigenvalue weighted by Gasteiger charge is 2.09. The van der Waals surface area contributed by atoms with E-state index in [9.17, 15) is 8.42 Å². The highest BCUT2D eigenvalue weighted by Crippen LogP contribution is 2.20. The Morgan fingerprint density at radius 3 is 2.16 bits per heavy atom. The van der Waals surface area contributed by atoms with Gasteiger partial charge < -0.3 is 8.42 Å². The van der Waals surface area contributed by atoms with Gasteiger partial charge in [-0.15, -0.1) is 0 Å². The van der Waals surface area contributed by atoms with E-state index in [0.717, 1.165) is 22.8 Å². The first-order valence-corrected chi connectivity index (χ1v) is 7.54. The van der Waals surface area contributed by atoms with Crippen molar-refractivity contribution >= 4 is 32.5 Å². The minimum atomic E-state index is -4.11. The van der Waals surface area contributed by atoms with Crippen molar-refractivity contribution in [2.24, 2.45) is 0 Å². The summed E-state index contributed by atoms with van der Waals surface area (Å²) in [5, 5.41) is 1.79. The van der Waals surface area contributed by atoms with Crippen molar-refractivity contribution in [1.82, 2.24) is 0 Å². The van der Waals surface area contributed by atoms with Gasteiger partial charge in [0.25, 0.3) is 10.1 Å². The zero-order chi connectivity index (χ0) is 14.5. The lowest BCUT2D eigenvalue weighted by Crippen LogP contribution is -1.97. The highest BCUT2D eigenvalue weighted by molar-refractivity contribution is 7.85. The normalized spacial score (nSPS) is 10.8. The molecule has 0 aromatic heterocycles. The smallest absolute Gasteiger partial charge is 0.294 e. The van der Waals surface area contributed by atoms with E-state index >= 15 is 0 Å². The molecule has 0 saturated carbocycles. The Labute approximate surface area is 114 Å². The van der Waals surface area contributed by atoms with Crippen LogP contribution in [0.5, 0.6) is 0 Å². The largest absolute Gasteiger partial charge is 0.427 e. The van der Waals surface area contributed by atoms with Gasteiger partial charge in [0.1, 0.15) is 0 Å². The van der Waals surface area contributed by atoms with Crippen LogP contribution in [0.1, 0.15) is 12.5 Å². The first-order valence-electron chi connectivity index (χ1n) is 5.37. The van der Waals surface area contributed by atoms with Crippen molar-refractivity contribution in [3.63, 3.8) is 0 Å². The van der Waals surface area contributed by atoms with Crippen LogP contribution in [-0.4, -0.2) is 13.0 Å². The van der Waals surface area contributed by atoms with Gasteiger partial charge in [-0.1, -0.05) is 42.8 Å². The molecule has 0 aliphatic carbocycles. The predicted molar refractivity (Wildman–Crippen MR) is 73.3 cm³/mol. The van der Waals surface area contributed by atoms with E-state index in [0.29, 0.717) is 0 Å². The summed E-state index contributed by atoms with van der Waals surface area (Å²) in [6.45, 7) is 2.04. The lowest BCUT2D eigenvalue weighted by molar-refractivity contribution is 0.483. The van der Waals surface area contributed by atoms with Gasteiger partial charge in [0.2, 0.25) is 0 Å². The van der Waals surface area contributed by atoms with Crippen molar-refractivity contribution in [3.05, 3.63) is 42.0 Å². The molecule has 5 nitrogen and oxygen atoms in total. The second-order valence-electron chi connectivity index (χ2n) is 3.75. The van der Waals surface area contributed by atoms with Gasteiger partial charge in [-0.2, -0.15) is 8.42 Å². The highest BCUT2D eigenvalue weighted by atomic mass is 32.2. The lowest BCUT2D eigenvalue weighted by atomic mass is 10.1. The molecule has 0 amide bonds.